The second-order valence-electron chi connectivity index (χ2n) is 6.36. The summed E-state index contributed by atoms with van der Waals surface area (Å²) in [7, 11) is 1.66. The third kappa shape index (κ3) is 4.48. The Morgan fingerprint density at radius 1 is 1.22 bits per heavy atom. The van der Waals surface area contributed by atoms with Crippen molar-refractivity contribution >= 4 is 34.1 Å². The number of carbonyl (C=O) groups excluding carboxylic acids is 1. The number of ether oxygens (including phenoxy) is 1. The van der Waals surface area contributed by atoms with Gasteiger partial charge in [0, 0.05) is 11.7 Å². The molecule has 1 heterocycles. The minimum absolute atomic E-state index is 0.0317. The van der Waals surface area contributed by atoms with E-state index in [0.717, 1.165) is 27.8 Å². The summed E-state index contributed by atoms with van der Waals surface area (Å²) < 4.78 is 6.08. The van der Waals surface area contributed by atoms with Gasteiger partial charge in [0.1, 0.15) is 5.75 Å². The predicted octanol–water partition coefficient (Wildman–Crippen LogP) is 4.58. The molecule has 2 aromatic carbocycles. The lowest BCUT2D eigenvalue weighted by Gasteiger charge is -2.02. The topological polar surface area (TPSA) is 64.1 Å². The van der Waals surface area contributed by atoms with Gasteiger partial charge in [0.2, 0.25) is 11.0 Å². The molecule has 3 aromatic rings. The van der Waals surface area contributed by atoms with Gasteiger partial charge in [-0.3, -0.25) is 4.79 Å². The fourth-order valence-corrected chi connectivity index (χ4v) is 4.68. The number of benzene rings is 2. The number of amides is 1. The van der Waals surface area contributed by atoms with E-state index in [1.54, 1.807) is 18.9 Å². The van der Waals surface area contributed by atoms with Crippen molar-refractivity contribution in [3.63, 3.8) is 0 Å². The average Bonchev–Trinajstić information content (AvgIpc) is 3.40. The zero-order valence-corrected chi connectivity index (χ0v) is 16.4. The summed E-state index contributed by atoms with van der Waals surface area (Å²) in [5.74, 6) is 2.00. The van der Waals surface area contributed by atoms with Crippen molar-refractivity contribution in [2.45, 2.75) is 22.4 Å². The summed E-state index contributed by atoms with van der Waals surface area (Å²) in [5.41, 5.74) is 2.38. The highest BCUT2D eigenvalue weighted by molar-refractivity contribution is 8.00. The van der Waals surface area contributed by atoms with Crippen LogP contribution in [0.2, 0.25) is 0 Å². The van der Waals surface area contributed by atoms with Gasteiger partial charge in [-0.25, -0.2) is 0 Å². The van der Waals surface area contributed by atoms with E-state index in [4.69, 9.17) is 4.74 Å². The molecule has 0 saturated heterocycles. The molecule has 7 heteroatoms. The van der Waals surface area contributed by atoms with Crippen LogP contribution in [0.4, 0.5) is 5.13 Å². The van der Waals surface area contributed by atoms with Crippen molar-refractivity contribution in [1.29, 1.82) is 0 Å². The zero-order valence-electron chi connectivity index (χ0n) is 14.8. The largest absolute Gasteiger partial charge is 0.497 e. The summed E-state index contributed by atoms with van der Waals surface area (Å²) >= 11 is 3.01. The lowest BCUT2D eigenvalue weighted by molar-refractivity contribution is -0.117. The van der Waals surface area contributed by atoms with Crippen LogP contribution in [0, 0.1) is 5.92 Å². The highest BCUT2D eigenvalue weighted by atomic mass is 32.2. The molecule has 1 aliphatic rings. The number of nitrogens with one attached hydrogen (secondary N) is 1. The van der Waals surface area contributed by atoms with E-state index in [1.165, 1.54) is 16.9 Å². The molecule has 5 nitrogen and oxygen atoms in total. The Bertz CT molecular complexity index is 930. The SMILES string of the molecule is COc1cccc(CSc2nnc(NC(=O)[C@@H]3C[C@H]3c3ccccc3)s2)c1. The summed E-state index contributed by atoms with van der Waals surface area (Å²) in [6.07, 6.45) is 0.895. The predicted molar refractivity (Wildman–Crippen MR) is 108 cm³/mol. The smallest absolute Gasteiger partial charge is 0.229 e. The summed E-state index contributed by atoms with van der Waals surface area (Å²) in [6.45, 7) is 0. The van der Waals surface area contributed by atoms with Gasteiger partial charge in [-0.15, -0.1) is 10.2 Å². The molecule has 1 aromatic heterocycles. The maximum atomic E-state index is 12.4. The third-order valence-corrected chi connectivity index (χ3v) is 6.53. The number of methoxy groups -OCH3 is 1. The minimum atomic E-state index is 0.0317. The van der Waals surface area contributed by atoms with Gasteiger partial charge < -0.3 is 10.1 Å². The Morgan fingerprint density at radius 2 is 2.07 bits per heavy atom. The van der Waals surface area contributed by atoms with E-state index in [2.05, 4.69) is 33.7 Å². The van der Waals surface area contributed by atoms with Gasteiger partial charge in [-0.1, -0.05) is 65.6 Å². The van der Waals surface area contributed by atoms with Crippen LogP contribution in [-0.2, 0) is 10.5 Å². The molecule has 0 spiro atoms. The lowest BCUT2D eigenvalue weighted by atomic mass is 10.1. The maximum absolute atomic E-state index is 12.4. The van der Waals surface area contributed by atoms with E-state index >= 15 is 0 Å². The molecule has 1 fully saturated rings. The summed E-state index contributed by atoms with van der Waals surface area (Å²) in [4.78, 5) is 12.4. The number of anilines is 1. The number of rotatable bonds is 7. The van der Waals surface area contributed by atoms with Crippen LogP contribution in [0.25, 0.3) is 0 Å². The van der Waals surface area contributed by atoms with Crippen molar-refractivity contribution < 1.29 is 9.53 Å². The van der Waals surface area contributed by atoms with Crippen molar-refractivity contribution in [1.82, 2.24) is 10.2 Å². The molecular weight excluding hydrogens is 378 g/mol. The molecule has 0 bridgehead atoms. The fourth-order valence-electron chi connectivity index (χ4n) is 2.98. The van der Waals surface area contributed by atoms with Crippen LogP contribution in [-0.4, -0.2) is 23.2 Å². The molecule has 4 rings (SSSR count). The number of carbonyl (C=O) groups is 1. The molecule has 0 unspecified atom stereocenters. The molecule has 138 valence electrons. The molecule has 0 aliphatic heterocycles. The normalized spacial score (nSPS) is 18.1. The van der Waals surface area contributed by atoms with Gasteiger partial charge >= 0.3 is 0 Å². The van der Waals surface area contributed by atoms with Crippen molar-refractivity contribution in [3.8, 4) is 5.75 Å². The Hall–Kier alpha value is -2.38. The first-order valence-electron chi connectivity index (χ1n) is 8.68. The third-order valence-electron chi connectivity index (χ3n) is 4.49. The molecule has 27 heavy (non-hydrogen) atoms. The highest BCUT2D eigenvalue weighted by Crippen LogP contribution is 2.48. The average molecular weight is 398 g/mol. The molecular formula is C20H19N3O2S2. The molecule has 0 radical (unpaired) electrons. The van der Waals surface area contributed by atoms with Gasteiger partial charge in [-0.05, 0) is 35.6 Å². The Morgan fingerprint density at radius 3 is 2.89 bits per heavy atom. The lowest BCUT2D eigenvalue weighted by Crippen LogP contribution is -2.14. The van der Waals surface area contributed by atoms with Crippen molar-refractivity contribution in [2.75, 3.05) is 12.4 Å². The van der Waals surface area contributed by atoms with Crippen LogP contribution < -0.4 is 10.1 Å². The second kappa shape index (κ2) is 8.10. The number of nitrogens with zero attached hydrogens (tertiary/aromatic N) is 2. The number of aromatic nitrogens is 2. The summed E-state index contributed by atoms with van der Waals surface area (Å²) in [5, 5.41) is 11.7. The zero-order chi connectivity index (χ0) is 18.6. The van der Waals surface area contributed by atoms with E-state index < -0.39 is 0 Å². The highest BCUT2D eigenvalue weighted by Gasteiger charge is 2.44. The van der Waals surface area contributed by atoms with E-state index in [-0.39, 0.29) is 11.8 Å². The maximum Gasteiger partial charge on any atom is 0.229 e. The number of hydrogen-bond donors (Lipinski definition) is 1. The van der Waals surface area contributed by atoms with Gasteiger partial charge in [-0.2, -0.15) is 0 Å². The van der Waals surface area contributed by atoms with Crippen LogP contribution in [0.15, 0.2) is 58.9 Å². The van der Waals surface area contributed by atoms with Crippen molar-refractivity contribution in [3.05, 3.63) is 65.7 Å². The molecule has 2 atom stereocenters. The van der Waals surface area contributed by atoms with Crippen molar-refractivity contribution in [2.24, 2.45) is 5.92 Å². The molecule has 1 N–H and O–H groups in total. The van der Waals surface area contributed by atoms with E-state index in [9.17, 15) is 4.79 Å². The monoisotopic (exact) mass is 397 g/mol. The first-order chi connectivity index (χ1) is 13.2. The standard InChI is InChI=1S/C20H19N3O2S2/c1-25-15-9-5-6-13(10-15)12-26-20-23-22-19(27-20)21-18(24)17-11-16(17)14-7-3-2-4-8-14/h2-10,16-17H,11-12H2,1H3,(H,21,22,24)/t16-,17+/m0/s1. The van der Waals surface area contributed by atoms with Crippen LogP contribution in [0.3, 0.4) is 0 Å². The number of hydrogen-bond acceptors (Lipinski definition) is 6. The van der Waals surface area contributed by atoms with E-state index in [0.29, 0.717) is 11.0 Å². The first kappa shape index (κ1) is 18.0. The van der Waals surface area contributed by atoms with Gasteiger partial charge in [0.25, 0.3) is 0 Å². The van der Waals surface area contributed by atoms with E-state index in [1.807, 2.05) is 36.4 Å². The Labute approximate surface area is 166 Å². The minimum Gasteiger partial charge on any atom is -0.497 e. The Balaban J connectivity index is 1.30. The first-order valence-corrected chi connectivity index (χ1v) is 10.5. The summed E-state index contributed by atoms with van der Waals surface area (Å²) in [6, 6.07) is 18.1. The van der Waals surface area contributed by atoms with Gasteiger partial charge in [0.05, 0.1) is 7.11 Å². The number of thioether (sulfide) groups is 1. The molecule has 1 amide bonds. The second-order valence-corrected chi connectivity index (χ2v) is 8.56. The van der Waals surface area contributed by atoms with Crippen LogP contribution >= 0.6 is 23.1 Å². The van der Waals surface area contributed by atoms with Crippen LogP contribution in [0.5, 0.6) is 5.75 Å². The Kier molecular flexibility index (Phi) is 5.40. The fraction of sp³-hybridized carbons (Fsp3) is 0.250. The van der Waals surface area contributed by atoms with Gasteiger partial charge in [0.15, 0.2) is 4.34 Å². The quantitative estimate of drug-likeness (QED) is 0.467. The molecule has 1 saturated carbocycles. The molecule has 1 aliphatic carbocycles. The van der Waals surface area contributed by atoms with Crippen LogP contribution in [0.1, 0.15) is 23.5 Å².